The minimum Gasteiger partial charge on any atom is -0.346 e. The third kappa shape index (κ3) is 5.35. The minimum atomic E-state index is -4.39. The number of nitrogens with one attached hydrogen (secondary N) is 1. The Hall–Kier alpha value is -0.830. The van der Waals surface area contributed by atoms with E-state index in [0.717, 1.165) is 16.8 Å². The average Bonchev–Trinajstić information content (AvgIpc) is 2.59. The molecule has 0 saturated carbocycles. The molecule has 0 fully saturated rings. The summed E-state index contributed by atoms with van der Waals surface area (Å²) in [7, 11) is 0. The molecule has 1 heterocycles. The first-order chi connectivity index (χ1) is 7.78. The fraction of sp³-hybridized carbons (Fsp3) is 0.625. The SMILES string of the molecule is Cc1nnc(S[C@@H](C)C(=O)NCC(F)(F)F)s1. The van der Waals surface area contributed by atoms with Crippen LogP contribution in [-0.4, -0.2) is 34.1 Å². The normalized spacial score (nSPS) is 13.5. The lowest BCUT2D eigenvalue weighted by Crippen LogP contribution is -2.37. The number of rotatable bonds is 4. The van der Waals surface area contributed by atoms with Gasteiger partial charge in [-0.25, -0.2) is 0 Å². The van der Waals surface area contributed by atoms with Crippen LogP contribution in [0.1, 0.15) is 11.9 Å². The van der Waals surface area contributed by atoms with Crippen LogP contribution in [0.15, 0.2) is 4.34 Å². The number of amides is 1. The van der Waals surface area contributed by atoms with Crippen LogP contribution < -0.4 is 5.32 Å². The second kappa shape index (κ2) is 5.67. The Morgan fingerprint density at radius 1 is 1.53 bits per heavy atom. The Morgan fingerprint density at radius 2 is 2.18 bits per heavy atom. The average molecular weight is 285 g/mol. The molecule has 0 aliphatic carbocycles. The highest BCUT2D eigenvalue weighted by Crippen LogP contribution is 2.26. The van der Waals surface area contributed by atoms with Gasteiger partial charge in [0.2, 0.25) is 5.91 Å². The van der Waals surface area contributed by atoms with Crippen molar-refractivity contribution in [1.29, 1.82) is 0 Å². The van der Waals surface area contributed by atoms with Gasteiger partial charge < -0.3 is 5.32 Å². The summed E-state index contributed by atoms with van der Waals surface area (Å²) in [6.45, 7) is 1.97. The van der Waals surface area contributed by atoms with Crippen molar-refractivity contribution in [2.45, 2.75) is 29.6 Å². The molecule has 1 rings (SSSR count). The lowest BCUT2D eigenvalue weighted by molar-refractivity contribution is -0.137. The molecule has 0 bridgehead atoms. The minimum absolute atomic E-state index is 0.567. The fourth-order valence-corrected chi connectivity index (χ4v) is 2.85. The summed E-state index contributed by atoms with van der Waals surface area (Å²) in [6, 6.07) is 0. The number of alkyl halides is 3. The zero-order valence-corrected chi connectivity index (χ0v) is 10.7. The lowest BCUT2D eigenvalue weighted by atomic mass is 10.4. The van der Waals surface area contributed by atoms with E-state index >= 15 is 0 Å². The standard InChI is InChI=1S/C8H10F3N3OS2/c1-4(6(15)12-3-8(9,10)11)16-7-14-13-5(2)17-7/h4H,3H2,1-2H3,(H,12,15)/t4-/m0/s1. The lowest BCUT2D eigenvalue weighted by Gasteiger charge is -2.11. The van der Waals surface area contributed by atoms with E-state index in [4.69, 9.17) is 0 Å². The molecule has 1 amide bonds. The van der Waals surface area contributed by atoms with E-state index in [0.29, 0.717) is 4.34 Å². The van der Waals surface area contributed by atoms with Gasteiger partial charge in [0.1, 0.15) is 11.6 Å². The third-order valence-electron chi connectivity index (χ3n) is 1.62. The number of carbonyl (C=O) groups is 1. The third-order valence-corrected chi connectivity index (χ3v) is 3.64. The summed E-state index contributed by atoms with van der Waals surface area (Å²) in [5.41, 5.74) is 0. The summed E-state index contributed by atoms with van der Waals surface area (Å²) in [5.74, 6) is -0.667. The van der Waals surface area contributed by atoms with Gasteiger partial charge in [-0.3, -0.25) is 4.79 Å². The molecule has 0 spiro atoms. The van der Waals surface area contributed by atoms with Gasteiger partial charge >= 0.3 is 6.18 Å². The van der Waals surface area contributed by atoms with Gasteiger partial charge in [0.15, 0.2) is 4.34 Å². The number of thioether (sulfide) groups is 1. The second-order valence-corrected chi connectivity index (χ2v) is 5.95. The van der Waals surface area contributed by atoms with Crippen molar-refractivity contribution in [2.24, 2.45) is 0 Å². The molecule has 4 nitrogen and oxygen atoms in total. The van der Waals surface area contributed by atoms with Crippen LogP contribution in [0.4, 0.5) is 13.2 Å². The van der Waals surface area contributed by atoms with E-state index in [1.807, 2.05) is 5.32 Å². The van der Waals surface area contributed by atoms with E-state index in [1.165, 1.54) is 18.3 Å². The van der Waals surface area contributed by atoms with Crippen molar-refractivity contribution in [3.63, 3.8) is 0 Å². The van der Waals surface area contributed by atoms with Crippen LogP contribution >= 0.6 is 23.1 Å². The van der Waals surface area contributed by atoms with Crippen molar-refractivity contribution in [2.75, 3.05) is 6.54 Å². The molecule has 1 aromatic heterocycles. The molecule has 9 heteroatoms. The number of aryl methyl sites for hydroxylation is 1. The summed E-state index contributed by atoms with van der Waals surface area (Å²) in [6.07, 6.45) is -4.39. The first kappa shape index (κ1) is 14.2. The molecule has 0 aromatic carbocycles. The molecule has 0 unspecified atom stereocenters. The molecule has 96 valence electrons. The quantitative estimate of drug-likeness (QED) is 0.860. The van der Waals surface area contributed by atoms with Crippen LogP contribution in [0.3, 0.4) is 0 Å². The Kier molecular flexibility index (Phi) is 4.75. The highest BCUT2D eigenvalue weighted by atomic mass is 32.2. The molecule has 0 radical (unpaired) electrons. The Morgan fingerprint density at radius 3 is 2.65 bits per heavy atom. The van der Waals surface area contributed by atoms with Gasteiger partial charge in [-0.1, -0.05) is 23.1 Å². The molecule has 1 atom stereocenters. The van der Waals surface area contributed by atoms with E-state index in [1.54, 1.807) is 6.92 Å². The number of hydrogen-bond acceptors (Lipinski definition) is 5. The molecular formula is C8H10F3N3OS2. The predicted octanol–water partition coefficient (Wildman–Crippen LogP) is 2.01. The van der Waals surface area contributed by atoms with E-state index < -0.39 is 23.9 Å². The van der Waals surface area contributed by atoms with Crippen LogP contribution in [0, 0.1) is 6.92 Å². The molecule has 1 N–H and O–H groups in total. The molecule has 17 heavy (non-hydrogen) atoms. The number of nitrogens with zero attached hydrogens (tertiary/aromatic N) is 2. The highest BCUT2D eigenvalue weighted by Gasteiger charge is 2.29. The summed E-state index contributed by atoms with van der Waals surface area (Å²) >= 11 is 2.38. The Labute approximate surface area is 104 Å². The monoisotopic (exact) mass is 285 g/mol. The molecule has 0 saturated heterocycles. The smallest absolute Gasteiger partial charge is 0.346 e. The number of hydrogen-bond donors (Lipinski definition) is 1. The maximum absolute atomic E-state index is 11.9. The van der Waals surface area contributed by atoms with Gasteiger partial charge in [0.25, 0.3) is 0 Å². The molecule has 0 aliphatic heterocycles. The van der Waals surface area contributed by atoms with Crippen molar-refractivity contribution in [1.82, 2.24) is 15.5 Å². The summed E-state index contributed by atoms with van der Waals surface area (Å²) in [4.78, 5) is 11.3. The van der Waals surface area contributed by atoms with Crippen LogP contribution in [-0.2, 0) is 4.79 Å². The number of halogens is 3. The van der Waals surface area contributed by atoms with Gasteiger partial charge in [-0.2, -0.15) is 13.2 Å². The maximum Gasteiger partial charge on any atom is 0.405 e. The van der Waals surface area contributed by atoms with Crippen molar-refractivity contribution in [3.8, 4) is 0 Å². The van der Waals surface area contributed by atoms with Crippen molar-refractivity contribution < 1.29 is 18.0 Å². The van der Waals surface area contributed by atoms with Crippen LogP contribution in [0.25, 0.3) is 0 Å². The number of aromatic nitrogens is 2. The van der Waals surface area contributed by atoms with Crippen LogP contribution in [0.5, 0.6) is 0 Å². The predicted molar refractivity (Wildman–Crippen MR) is 59.0 cm³/mol. The van der Waals surface area contributed by atoms with Crippen molar-refractivity contribution >= 4 is 29.0 Å². The van der Waals surface area contributed by atoms with E-state index in [9.17, 15) is 18.0 Å². The zero-order chi connectivity index (χ0) is 13.1. The first-order valence-corrected chi connectivity index (χ1v) is 6.29. The topological polar surface area (TPSA) is 54.9 Å². The van der Waals surface area contributed by atoms with Gasteiger partial charge in [-0.15, -0.1) is 10.2 Å². The van der Waals surface area contributed by atoms with Gasteiger partial charge in [0, 0.05) is 0 Å². The van der Waals surface area contributed by atoms with Crippen molar-refractivity contribution in [3.05, 3.63) is 5.01 Å². The first-order valence-electron chi connectivity index (χ1n) is 4.59. The fourth-order valence-electron chi connectivity index (χ4n) is 0.862. The summed E-state index contributed by atoms with van der Waals surface area (Å²) in [5, 5.41) is 9.46. The van der Waals surface area contributed by atoms with E-state index in [2.05, 4.69) is 10.2 Å². The largest absolute Gasteiger partial charge is 0.405 e. The maximum atomic E-state index is 11.9. The Bertz CT molecular complexity index is 394. The second-order valence-electron chi connectivity index (χ2n) is 3.18. The van der Waals surface area contributed by atoms with Gasteiger partial charge in [-0.05, 0) is 13.8 Å². The van der Waals surface area contributed by atoms with Gasteiger partial charge in [0.05, 0.1) is 5.25 Å². The Balaban J connectivity index is 2.42. The zero-order valence-electron chi connectivity index (χ0n) is 9.04. The highest BCUT2D eigenvalue weighted by molar-refractivity contribution is 8.02. The molecule has 0 aliphatic rings. The van der Waals surface area contributed by atoms with E-state index in [-0.39, 0.29) is 0 Å². The molecular weight excluding hydrogens is 275 g/mol. The molecule has 1 aromatic rings. The number of carbonyl (C=O) groups excluding carboxylic acids is 1. The van der Waals surface area contributed by atoms with Crippen LogP contribution in [0.2, 0.25) is 0 Å². The summed E-state index contributed by atoms with van der Waals surface area (Å²) < 4.78 is 36.2.